The largest absolute Gasteiger partial charge is 0.309 e. The van der Waals surface area contributed by atoms with Crippen molar-refractivity contribution in [2.45, 2.75) is 0 Å². The van der Waals surface area contributed by atoms with Gasteiger partial charge in [-0.15, -0.1) is 0 Å². The van der Waals surface area contributed by atoms with Gasteiger partial charge in [-0.25, -0.2) is 0 Å². The van der Waals surface area contributed by atoms with Crippen molar-refractivity contribution in [1.29, 1.82) is 0 Å². The third kappa shape index (κ3) is 4.66. The highest BCUT2D eigenvalue weighted by Gasteiger charge is 2.23. The highest BCUT2D eigenvalue weighted by molar-refractivity contribution is 6.17. The third-order valence-electron chi connectivity index (χ3n) is 9.62. The van der Waals surface area contributed by atoms with E-state index < -0.39 is 298 Å². The first-order valence-electron chi connectivity index (χ1n) is 33.0. The van der Waals surface area contributed by atoms with E-state index in [1.165, 1.54) is 6.07 Å². The van der Waals surface area contributed by atoms with Crippen LogP contribution in [0.2, 0.25) is 0 Å². The van der Waals surface area contributed by atoms with Gasteiger partial charge in [-0.3, -0.25) is 0 Å². The van der Waals surface area contributed by atoms with Crippen LogP contribution in [0.25, 0.3) is 105 Å². The van der Waals surface area contributed by atoms with Crippen LogP contribution in [0, 0.1) is 0 Å². The molecule has 12 rings (SSSR count). The number of nitrogens with zero attached hydrogens (tertiary/aromatic N) is 3. The zero-order chi connectivity index (χ0) is 65.3. The van der Waals surface area contributed by atoms with Gasteiger partial charge < -0.3 is 13.7 Å². The van der Waals surface area contributed by atoms with Gasteiger partial charge in [0, 0.05) is 49.1 Å². The third-order valence-corrected chi connectivity index (χ3v) is 9.62. The molecule has 3 nitrogen and oxygen atoms in total. The van der Waals surface area contributed by atoms with Crippen LogP contribution in [-0.4, -0.2) is 13.7 Å². The van der Waals surface area contributed by atoms with E-state index in [0.29, 0.717) is 0 Å². The number of fused-ring (bicyclic) bond motifs is 9. The van der Waals surface area contributed by atoms with Crippen LogP contribution < -0.4 is 0 Å². The van der Waals surface area contributed by atoms with Gasteiger partial charge in [0.15, 0.2) is 0 Å². The summed E-state index contributed by atoms with van der Waals surface area (Å²) in [7, 11) is 0. The van der Waals surface area contributed by atoms with E-state index in [2.05, 4.69) is 0 Å². The fourth-order valence-electron chi connectivity index (χ4n) is 7.39. The summed E-state index contributed by atoms with van der Waals surface area (Å²) < 4.78 is 297. The average molecular weight is 758 g/mol. The summed E-state index contributed by atoms with van der Waals surface area (Å²) >= 11 is 0. The maximum absolute atomic E-state index is 10.4. The first-order valence-corrected chi connectivity index (χ1v) is 17.0. The molecule has 3 heterocycles. The summed E-state index contributed by atoms with van der Waals surface area (Å²) in [6.07, 6.45) is 0. The van der Waals surface area contributed by atoms with E-state index >= 15 is 0 Å². The van der Waals surface area contributed by atoms with Gasteiger partial charge in [-0.05, 0) is 59.5 Å². The number of benzene rings is 9. The van der Waals surface area contributed by atoms with Gasteiger partial charge in [0.1, 0.15) is 0 Å². The molecule has 0 saturated carbocycles. The molecule has 57 heavy (non-hydrogen) atoms. The molecule has 3 aromatic heterocycles. The molecule has 0 bridgehead atoms. The summed E-state index contributed by atoms with van der Waals surface area (Å²) in [5.74, 6) is 0. The molecule has 0 unspecified atom stereocenters. The highest BCUT2D eigenvalue weighted by atomic mass is 15.0. The Kier molecular flexibility index (Phi) is 2.96. The molecule has 0 fully saturated rings. The molecule has 0 aliphatic carbocycles. The van der Waals surface area contributed by atoms with E-state index in [1.54, 1.807) is 0 Å². The quantitative estimate of drug-likeness (QED) is 0.166. The molecule has 12 aromatic rings. The number of rotatable bonds is 5. The Hall–Kier alpha value is -7.62. The fraction of sp³-hybridized carbons (Fsp3) is 0. The van der Waals surface area contributed by atoms with E-state index in [1.807, 2.05) is 0 Å². The van der Waals surface area contributed by atoms with Crippen molar-refractivity contribution in [3.63, 3.8) is 0 Å². The second kappa shape index (κ2) is 12.5. The normalized spacial score (nSPS) is 19.7. The zero-order valence-corrected chi connectivity index (χ0v) is 28.6. The Morgan fingerprint density at radius 3 is 1.37 bits per heavy atom. The van der Waals surface area contributed by atoms with Crippen LogP contribution in [0.5, 0.6) is 0 Å². The molecule has 3 heteroatoms. The van der Waals surface area contributed by atoms with E-state index in [9.17, 15) is 21.9 Å². The smallest absolute Gasteiger partial charge is 0.0667 e. The molecule has 0 atom stereocenters. The van der Waals surface area contributed by atoms with Crippen LogP contribution in [0.4, 0.5) is 0 Å². The minimum Gasteiger partial charge on any atom is -0.309 e. The molecule has 0 radical (unpaired) electrons. The van der Waals surface area contributed by atoms with E-state index in [4.69, 9.17) is 21.9 Å². The van der Waals surface area contributed by atoms with Crippen molar-refractivity contribution < 1.29 is 43.9 Å². The van der Waals surface area contributed by atoms with Crippen LogP contribution in [0.3, 0.4) is 0 Å². The second-order valence-electron chi connectivity index (χ2n) is 12.5. The first-order chi connectivity index (χ1) is 41.6. The summed E-state index contributed by atoms with van der Waals surface area (Å²) in [5, 5.41) is -3.80. The molecule has 0 aliphatic heterocycles. The lowest BCUT2D eigenvalue weighted by molar-refractivity contribution is 1.16. The molecule has 0 saturated heterocycles. The van der Waals surface area contributed by atoms with Gasteiger partial charge in [-0.2, -0.15) is 0 Å². The van der Waals surface area contributed by atoms with Crippen LogP contribution in [0.15, 0.2) is 212 Å². The average Bonchev–Trinajstić information content (AvgIpc) is 1.57. The minimum atomic E-state index is -1.13. The SMILES string of the molecule is [2H]c1c([2H])c([2H])c(-c2cccc(-c3c([2H])c([2H])c([2H])c([2H])c3[2H])c2-n2c3c([2H])c([2H])c([2H])c([2H])c3c3c(-n4c5c([2H])c([2H])c([2H])c([2H])c5c5c([2H])c([2H])c(-n6c7c([2H])c([2H])c([2H])c([2H])c7c7c([2H])c([2H])c([2H])c([2H])c76)c([2H])c54)c([2H])c([2H])c([2H])c32)c([2H])c1[2H]. The molecule has 9 aromatic carbocycles. The standard InChI is InChI=1S/C54H35N3/c1-3-17-36(18-4-1)39-25-15-26-40(37-19-5-2-6-20-37)54(39)57-49-30-14-10-24-45(49)53-50(31-16-32-51(53)57)56-48-29-13-9-23-43(48)44-34-33-38(35-52(44)56)55-46-27-11-7-21-41(46)42-22-8-12-28-47(42)55/h1-35H/i1D,2D,3D,4D,5D,6D,7D,8D,9D,10D,11D,12D,13D,14D,16D,17D,18D,19D,20D,21D,22D,23D,24D,27D,28D,29D,30D,31D,32D,33D,34D,35D. The number of aromatic nitrogens is 3. The van der Waals surface area contributed by atoms with Crippen molar-refractivity contribution in [3.8, 4) is 39.3 Å². The maximum atomic E-state index is 10.4. The van der Waals surface area contributed by atoms with Crippen LogP contribution in [0.1, 0.15) is 43.9 Å². The predicted molar refractivity (Wildman–Crippen MR) is 240 cm³/mol. The molecule has 0 aliphatic rings. The first kappa shape index (κ1) is 13.5. The molecular weight excluding hydrogens is 691 g/mol. The van der Waals surface area contributed by atoms with Crippen molar-refractivity contribution in [1.82, 2.24) is 13.7 Å². The lowest BCUT2D eigenvalue weighted by Crippen LogP contribution is -2.01. The van der Waals surface area contributed by atoms with Crippen LogP contribution >= 0.6 is 0 Å². The van der Waals surface area contributed by atoms with Gasteiger partial charge in [-0.1, -0.05) is 163 Å². The van der Waals surface area contributed by atoms with Gasteiger partial charge in [0.05, 0.1) is 88.3 Å². The summed E-state index contributed by atoms with van der Waals surface area (Å²) in [6, 6.07) is -26.8. The molecular formula is C54H35N3. The van der Waals surface area contributed by atoms with Crippen molar-refractivity contribution in [2.75, 3.05) is 0 Å². The summed E-state index contributed by atoms with van der Waals surface area (Å²) in [5.41, 5.74) is -8.96. The lowest BCUT2D eigenvalue weighted by atomic mass is 9.95. The topological polar surface area (TPSA) is 14.8 Å². The second-order valence-corrected chi connectivity index (χ2v) is 12.5. The van der Waals surface area contributed by atoms with Crippen molar-refractivity contribution >= 4 is 65.4 Å². The van der Waals surface area contributed by atoms with E-state index in [-0.39, 0.29) is 0 Å². The fourth-order valence-corrected chi connectivity index (χ4v) is 7.39. The van der Waals surface area contributed by atoms with Crippen molar-refractivity contribution in [2.24, 2.45) is 0 Å². The maximum Gasteiger partial charge on any atom is 0.0667 e. The van der Waals surface area contributed by atoms with Crippen LogP contribution in [-0.2, 0) is 0 Å². The Bertz CT molecular complexity index is 5180. The molecule has 0 amide bonds. The van der Waals surface area contributed by atoms with Gasteiger partial charge in [0.2, 0.25) is 0 Å². The number of para-hydroxylation sites is 5. The summed E-state index contributed by atoms with van der Waals surface area (Å²) in [4.78, 5) is 0. The Morgan fingerprint density at radius 1 is 0.333 bits per heavy atom. The Morgan fingerprint density at radius 2 is 0.789 bits per heavy atom. The van der Waals surface area contributed by atoms with Gasteiger partial charge in [0.25, 0.3) is 0 Å². The monoisotopic (exact) mass is 757 g/mol. The highest BCUT2D eigenvalue weighted by Crippen LogP contribution is 2.44. The molecule has 0 N–H and O–H groups in total. The van der Waals surface area contributed by atoms with E-state index in [0.717, 1.165) is 25.8 Å². The Balaban J connectivity index is 1.42. The molecule has 0 spiro atoms. The lowest BCUT2D eigenvalue weighted by Gasteiger charge is -2.19. The van der Waals surface area contributed by atoms with Crippen molar-refractivity contribution in [3.05, 3.63) is 212 Å². The Labute approximate surface area is 374 Å². The zero-order valence-electron chi connectivity index (χ0n) is 60.6. The molecule has 266 valence electrons. The minimum absolute atomic E-state index is 0.479. The predicted octanol–water partition coefficient (Wildman–Crippen LogP) is 14.3. The number of hydrogen-bond acceptors (Lipinski definition) is 0. The summed E-state index contributed by atoms with van der Waals surface area (Å²) in [6.45, 7) is 0. The van der Waals surface area contributed by atoms with Gasteiger partial charge >= 0.3 is 0 Å². The number of hydrogen-bond donors (Lipinski definition) is 0.